The van der Waals surface area contributed by atoms with E-state index >= 15 is 0 Å². The van der Waals surface area contributed by atoms with Crippen LogP contribution in [0.4, 0.5) is 4.79 Å². The first-order valence-electron chi connectivity index (χ1n) is 7.51. The minimum atomic E-state index is -0.682. The first kappa shape index (κ1) is 14.8. The SMILES string of the molecule is CN1C(=O)N(C)C2(CCN(CCOc3ccccc3)C2)C1=O. The molecule has 0 aromatic heterocycles. The van der Waals surface area contributed by atoms with E-state index < -0.39 is 5.54 Å². The van der Waals surface area contributed by atoms with E-state index in [4.69, 9.17) is 4.74 Å². The molecule has 0 radical (unpaired) electrons. The van der Waals surface area contributed by atoms with Gasteiger partial charge in [-0.1, -0.05) is 18.2 Å². The number of hydrogen-bond acceptors (Lipinski definition) is 4. The standard InChI is InChI=1S/C16H21N3O3/c1-17-14(20)16(18(2)15(17)21)8-9-19(12-16)10-11-22-13-6-4-3-5-7-13/h3-7H,8-12H2,1-2H3. The Morgan fingerprint density at radius 2 is 1.91 bits per heavy atom. The number of nitrogens with zero attached hydrogens (tertiary/aromatic N) is 3. The maximum absolute atomic E-state index is 12.4. The zero-order chi connectivity index (χ0) is 15.7. The number of para-hydroxylation sites is 1. The molecule has 1 unspecified atom stereocenters. The summed E-state index contributed by atoms with van der Waals surface area (Å²) in [5, 5.41) is 0. The van der Waals surface area contributed by atoms with Crippen LogP contribution in [0.25, 0.3) is 0 Å². The maximum atomic E-state index is 12.4. The number of urea groups is 1. The van der Waals surface area contributed by atoms with Gasteiger partial charge in [-0.15, -0.1) is 0 Å². The van der Waals surface area contributed by atoms with E-state index in [0.29, 0.717) is 19.6 Å². The van der Waals surface area contributed by atoms with Crippen molar-refractivity contribution in [2.75, 3.05) is 40.3 Å². The van der Waals surface area contributed by atoms with Crippen LogP contribution in [0, 0.1) is 0 Å². The van der Waals surface area contributed by atoms with Gasteiger partial charge in [0.05, 0.1) is 0 Å². The molecule has 2 fully saturated rings. The van der Waals surface area contributed by atoms with E-state index in [1.807, 2.05) is 30.3 Å². The van der Waals surface area contributed by atoms with Crippen LogP contribution < -0.4 is 4.74 Å². The molecule has 1 aromatic carbocycles. The van der Waals surface area contributed by atoms with Crippen molar-refractivity contribution in [2.24, 2.45) is 0 Å². The summed E-state index contributed by atoms with van der Waals surface area (Å²) in [5.41, 5.74) is -0.682. The molecule has 0 aliphatic carbocycles. The zero-order valence-corrected chi connectivity index (χ0v) is 13.0. The topological polar surface area (TPSA) is 53.1 Å². The number of ether oxygens (including phenoxy) is 1. The van der Waals surface area contributed by atoms with Crippen molar-refractivity contribution in [1.29, 1.82) is 0 Å². The predicted molar refractivity (Wildman–Crippen MR) is 81.7 cm³/mol. The van der Waals surface area contributed by atoms with Gasteiger partial charge < -0.3 is 9.64 Å². The number of carbonyl (C=O) groups excluding carboxylic acids is 2. The second-order valence-corrected chi connectivity index (χ2v) is 5.93. The van der Waals surface area contributed by atoms with Gasteiger partial charge in [-0.05, 0) is 18.6 Å². The van der Waals surface area contributed by atoms with Crippen molar-refractivity contribution in [3.05, 3.63) is 30.3 Å². The Bertz CT molecular complexity index is 577. The van der Waals surface area contributed by atoms with Crippen LogP contribution in [-0.4, -0.2) is 72.5 Å². The molecule has 3 amide bonds. The number of likely N-dealkylation sites (N-methyl/N-ethyl adjacent to an activating group) is 2. The third-order valence-corrected chi connectivity index (χ3v) is 4.66. The fraction of sp³-hybridized carbons (Fsp3) is 0.500. The smallest absolute Gasteiger partial charge is 0.327 e. The average molecular weight is 303 g/mol. The van der Waals surface area contributed by atoms with Crippen molar-refractivity contribution in [3.8, 4) is 5.75 Å². The van der Waals surface area contributed by atoms with Crippen LogP contribution in [0.2, 0.25) is 0 Å². The molecule has 1 atom stereocenters. The summed E-state index contributed by atoms with van der Waals surface area (Å²) in [6, 6.07) is 9.46. The molecule has 0 saturated carbocycles. The molecule has 22 heavy (non-hydrogen) atoms. The number of benzene rings is 1. The van der Waals surface area contributed by atoms with Gasteiger partial charge in [-0.2, -0.15) is 0 Å². The lowest BCUT2D eigenvalue weighted by Gasteiger charge is -2.28. The van der Waals surface area contributed by atoms with Crippen LogP contribution in [0.1, 0.15) is 6.42 Å². The first-order valence-corrected chi connectivity index (χ1v) is 7.51. The molecule has 0 N–H and O–H groups in total. The van der Waals surface area contributed by atoms with E-state index in [-0.39, 0.29) is 11.9 Å². The highest BCUT2D eigenvalue weighted by Gasteiger charge is 2.57. The average Bonchev–Trinajstić information content (AvgIpc) is 3.03. The molecular weight excluding hydrogens is 282 g/mol. The van der Waals surface area contributed by atoms with Crippen molar-refractivity contribution in [3.63, 3.8) is 0 Å². The molecule has 2 aliphatic heterocycles. The number of carbonyl (C=O) groups is 2. The Hall–Kier alpha value is -2.08. The number of hydrogen-bond donors (Lipinski definition) is 0. The van der Waals surface area contributed by atoms with Gasteiger partial charge in [0.15, 0.2) is 0 Å². The van der Waals surface area contributed by atoms with Gasteiger partial charge in [0.1, 0.15) is 17.9 Å². The third kappa shape index (κ3) is 2.33. The van der Waals surface area contributed by atoms with E-state index in [1.54, 1.807) is 19.0 Å². The monoisotopic (exact) mass is 303 g/mol. The number of imide groups is 1. The van der Waals surface area contributed by atoms with Gasteiger partial charge in [-0.25, -0.2) is 4.79 Å². The van der Waals surface area contributed by atoms with Crippen LogP contribution in [0.15, 0.2) is 30.3 Å². The zero-order valence-electron chi connectivity index (χ0n) is 13.0. The molecule has 3 rings (SSSR count). The summed E-state index contributed by atoms with van der Waals surface area (Å²) < 4.78 is 5.70. The highest BCUT2D eigenvalue weighted by Crippen LogP contribution is 2.34. The van der Waals surface area contributed by atoms with Crippen LogP contribution >= 0.6 is 0 Å². The molecule has 2 heterocycles. The normalized spacial score (nSPS) is 25.5. The number of amides is 3. The summed E-state index contributed by atoms with van der Waals surface area (Å²) >= 11 is 0. The van der Waals surface area contributed by atoms with Gasteiger partial charge in [0.2, 0.25) is 0 Å². The molecular formula is C16H21N3O3. The minimum absolute atomic E-state index is 0.0912. The Labute approximate surface area is 130 Å². The summed E-state index contributed by atoms with van der Waals surface area (Å²) in [6.45, 7) is 2.70. The molecule has 0 bridgehead atoms. The fourth-order valence-corrected chi connectivity index (χ4v) is 3.27. The summed E-state index contributed by atoms with van der Waals surface area (Å²) in [5.74, 6) is 0.756. The van der Waals surface area contributed by atoms with Crippen molar-refractivity contribution in [1.82, 2.24) is 14.7 Å². The van der Waals surface area contributed by atoms with E-state index in [1.165, 1.54) is 4.90 Å². The fourth-order valence-electron chi connectivity index (χ4n) is 3.27. The minimum Gasteiger partial charge on any atom is -0.492 e. The van der Waals surface area contributed by atoms with E-state index in [0.717, 1.165) is 18.8 Å². The van der Waals surface area contributed by atoms with Crippen molar-refractivity contribution >= 4 is 11.9 Å². The predicted octanol–water partition coefficient (Wildman–Crippen LogP) is 1.03. The molecule has 1 spiro atoms. The highest BCUT2D eigenvalue weighted by atomic mass is 16.5. The van der Waals surface area contributed by atoms with Crippen LogP contribution in [0.3, 0.4) is 0 Å². The highest BCUT2D eigenvalue weighted by molar-refractivity contribution is 6.07. The van der Waals surface area contributed by atoms with Gasteiger partial charge in [-0.3, -0.25) is 14.6 Å². The molecule has 118 valence electrons. The Balaban J connectivity index is 1.56. The Morgan fingerprint density at radius 3 is 2.55 bits per heavy atom. The second-order valence-electron chi connectivity index (χ2n) is 5.93. The van der Waals surface area contributed by atoms with Crippen molar-refractivity contribution in [2.45, 2.75) is 12.0 Å². The van der Waals surface area contributed by atoms with E-state index in [2.05, 4.69) is 4.90 Å². The maximum Gasteiger partial charge on any atom is 0.327 e. The summed E-state index contributed by atoms with van der Waals surface area (Å²) in [4.78, 5) is 29.4. The van der Waals surface area contributed by atoms with Crippen LogP contribution in [-0.2, 0) is 4.79 Å². The number of likely N-dealkylation sites (tertiary alicyclic amines) is 1. The second kappa shape index (κ2) is 5.61. The molecule has 1 aromatic rings. The lowest BCUT2D eigenvalue weighted by atomic mass is 9.97. The lowest BCUT2D eigenvalue weighted by Crippen LogP contribution is -2.50. The lowest BCUT2D eigenvalue weighted by molar-refractivity contribution is -0.131. The van der Waals surface area contributed by atoms with Gasteiger partial charge in [0, 0.05) is 33.7 Å². The van der Waals surface area contributed by atoms with Gasteiger partial charge >= 0.3 is 6.03 Å². The summed E-state index contributed by atoms with van der Waals surface area (Å²) in [6.07, 6.45) is 0.684. The van der Waals surface area contributed by atoms with Crippen LogP contribution in [0.5, 0.6) is 5.75 Å². The Kier molecular flexibility index (Phi) is 3.78. The first-order chi connectivity index (χ1) is 10.5. The molecule has 2 aliphatic rings. The van der Waals surface area contributed by atoms with E-state index in [9.17, 15) is 9.59 Å². The summed E-state index contributed by atoms with van der Waals surface area (Å²) in [7, 11) is 3.27. The van der Waals surface area contributed by atoms with Gasteiger partial charge in [0.25, 0.3) is 5.91 Å². The third-order valence-electron chi connectivity index (χ3n) is 4.66. The molecule has 2 saturated heterocycles. The molecule has 6 heteroatoms. The number of rotatable bonds is 4. The Morgan fingerprint density at radius 1 is 1.18 bits per heavy atom. The van der Waals surface area contributed by atoms with Crippen molar-refractivity contribution < 1.29 is 14.3 Å². The molecule has 6 nitrogen and oxygen atoms in total. The largest absolute Gasteiger partial charge is 0.492 e. The quantitative estimate of drug-likeness (QED) is 0.780.